The highest BCUT2D eigenvalue weighted by atomic mass is 16.5. The Bertz CT molecular complexity index is 869. The van der Waals surface area contributed by atoms with Crippen LogP contribution in [0.25, 0.3) is 5.69 Å². The van der Waals surface area contributed by atoms with Crippen LogP contribution in [0, 0.1) is 0 Å². The minimum atomic E-state index is -0.0521. The third-order valence-electron chi connectivity index (χ3n) is 4.01. The number of ether oxygens (including phenoxy) is 2. The second-order valence-corrected chi connectivity index (χ2v) is 7.93. The molecule has 0 amide bonds. The number of aromatic nitrogens is 2. The lowest BCUT2D eigenvalue weighted by atomic mass is 10.1. The van der Waals surface area contributed by atoms with Crippen molar-refractivity contribution in [3.63, 3.8) is 0 Å². The molecule has 0 bridgehead atoms. The minimum Gasteiger partial charge on any atom is -0.488 e. The molecule has 0 spiro atoms. The summed E-state index contributed by atoms with van der Waals surface area (Å²) >= 11 is 0. The maximum absolute atomic E-state index is 6.05. The molecule has 0 saturated heterocycles. The van der Waals surface area contributed by atoms with Crippen LogP contribution < -0.4 is 10.1 Å². The van der Waals surface area contributed by atoms with Crippen LogP contribution in [0.1, 0.15) is 33.3 Å². The van der Waals surface area contributed by atoms with E-state index in [1.54, 1.807) is 6.20 Å². The Labute approximate surface area is 167 Å². The van der Waals surface area contributed by atoms with Crippen LogP contribution in [-0.4, -0.2) is 28.0 Å². The van der Waals surface area contributed by atoms with Gasteiger partial charge in [-0.3, -0.25) is 0 Å². The summed E-state index contributed by atoms with van der Waals surface area (Å²) in [6.07, 6.45) is 1.74. The van der Waals surface area contributed by atoms with Gasteiger partial charge in [0, 0.05) is 17.7 Å². The highest BCUT2D eigenvalue weighted by Gasteiger charge is 2.14. The monoisotopic (exact) mass is 379 g/mol. The van der Waals surface area contributed by atoms with Gasteiger partial charge in [0.1, 0.15) is 17.7 Å². The molecule has 0 aliphatic rings. The van der Waals surface area contributed by atoms with Gasteiger partial charge >= 0.3 is 0 Å². The number of anilines is 1. The molecule has 0 saturated carbocycles. The Kier molecular flexibility index (Phi) is 6.37. The third kappa shape index (κ3) is 5.86. The van der Waals surface area contributed by atoms with Crippen LogP contribution >= 0.6 is 0 Å². The van der Waals surface area contributed by atoms with E-state index in [4.69, 9.17) is 9.47 Å². The van der Waals surface area contributed by atoms with Crippen molar-refractivity contribution in [2.45, 2.75) is 45.9 Å². The molecule has 148 valence electrons. The third-order valence-corrected chi connectivity index (χ3v) is 4.01. The first-order chi connectivity index (χ1) is 13.4. The quantitative estimate of drug-likeness (QED) is 0.594. The van der Waals surface area contributed by atoms with Gasteiger partial charge in [-0.25, -0.2) is 4.68 Å². The summed E-state index contributed by atoms with van der Waals surface area (Å²) in [5.41, 5.74) is 2.07. The van der Waals surface area contributed by atoms with Crippen molar-refractivity contribution in [3.05, 3.63) is 72.4 Å². The Morgan fingerprint density at radius 3 is 2.57 bits per heavy atom. The number of benzene rings is 2. The molecule has 1 heterocycles. The first kappa shape index (κ1) is 20.0. The minimum absolute atomic E-state index is 0.0451. The second-order valence-electron chi connectivity index (χ2n) is 7.93. The lowest BCUT2D eigenvalue weighted by Crippen LogP contribution is -2.27. The maximum Gasteiger partial charge on any atom is 0.130 e. The lowest BCUT2D eigenvalue weighted by molar-refractivity contribution is 0.0493. The molecule has 0 aliphatic heterocycles. The standard InChI is InChI=1S/C23H29N3O2/c1-18(16-27-17-19-9-6-5-7-10-19)28-21-12-8-11-20(15-21)26-22(13-14-24-26)25-23(2,3)4/h5-15,18,25H,16-17H2,1-4H3/t18-/m1/s1. The van der Waals surface area contributed by atoms with E-state index >= 15 is 0 Å². The van der Waals surface area contributed by atoms with E-state index in [1.165, 1.54) is 0 Å². The van der Waals surface area contributed by atoms with E-state index in [1.807, 2.05) is 60.1 Å². The summed E-state index contributed by atoms with van der Waals surface area (Å²) in [6.45, 7) is 9.50. The molecule has 0 radical (unpaired) electrons. The Morgan fingerprint density at radius 1 is 1.04 bits per heavy atom. The van der Waals surface area contributed by atoms with E-state index < -0.39 is 0 Å². The molecular weight excluding hydrogens is 350 g/mol. The van der Waals surface area contributed by atoms with Gasteiger partial charge in [-0.1, -0.05) is 36.4 Å². The van der Waals surface area contributed by atoms with Gasteiger partial charge in [0.2, 0.25) is 0 Å². The van der Waals surface area contributed by atoms with Crippen LogP contribution in [-0.2, 0) is 11.3 Å². The van der Waals surface area contributed by atoms with Crippen molar-refractivity contribution < 1.29 is 9.47 Å². The highest BCUT2D eigenvalue weighted by molar-refractivity contribution is 5.48. The van der Waals surface area contributed by atoms with Crippen molar-refractivity contribution in [3.8, 4) is 11.4 Å². The smallest absolute Gasteiger partial charge is 0.130 e. The largest absolute Gasteiger partial charge is 0.488 e. The zero-order valence-electron chi connectivity index (χ0n) is 17.1. The molecule has 0 unspecified atom stereocenters. The van der Waals surface area contributed by atoms with Crippen molar-refractivity contribution in [2.75, 3.05) is 11.9 Å². The molecule has 3 aromatic rings. The molecular formula is C23H29N3O2. The van der Waals surface area contributed by atoms with Crippen LogP contribution in [0.3, 0.4) is 0 Å². The summed E-state index contributed by atoms with van der Waals surface area (Å²) in [6, 6.07) is 20.1. The van der Waals surface area contributed by atoms with Gasteiger partial charge in [-0.15, -0.1) is 0 Å². The fourth-order valence-corrected chi connectivity index (χ4v) is 2.86. The molecule has 1 atom stereocenters. The molecule has 5 heteroatoms. The summed E-state index contributed by atoms with van der Waals surface area (Å²) in [5.74, 6) is 1.74. The maximum atomic E-state index is 6.05. The number of rotatable bonds is 8. The highest BCUT2D eigenvalue weighted by Crippen LogP contribution is 2.22. The van der Waals surface area contributed by atoms with E-state index in [0.717, 1.165) is 22.8 Å². The molecule has 2 aromatic carbocycles. The number of nitrogens with one attached hydrogen (secondary N) is 1. The fraction of sp³-hybridized carbons (Fsp3) is 0.348. The summed E-state index contributed by atoms with van der Waals surface area (Å²) in [7, 11) is 0. The van der Waals surface area contributed by atoms with Gasteiger partial charge in [0.25, 0.3) is 0 Å². The normalized spacial score (nSPS) is 12.6. The molecule has 0 fully saturated rings. The average molecular weight is 380 g/mol. The SMILES string of the molecule is C[C@H](COCc1ccccc1)Oc1cccc(-n2nccc2NC(C)(C)C)c1. The van der Waals surface area contributed by atoms with Gasteiger partial charge < -0.3 is 14.8 Å². The molecule has 28 heavy (non-hydrogen) atoms. The van der Waals surface area contributed by atoms with Crippen LogP contribution in [0.15, 0.2) is 66.9 Å². The molecule has 3 rings (SSSR count). The van der Waals surface area contributed by atoms with Crippen molar-refractivity contribution in [1.82, 2.24) is 9.78 Å². The second kappa shape index (κ2) is 8.93. The van der Waals surface area contributed by atoms with Crippen LogP contribution in [0.4, 0.5) is 5.82 Å². The Hall–Kier alpha value is -2.79. The predicted molar refractivity (Wildman–Crippen MR) is 113 cm³/mol. The Morgan fingerprint density at radius 2 is 1.82 bits per heavy atom. The number of hydrogen-bond acceptors (Lipinski definition) is 4. The Balaban J connectivity index is 1.60. The predicted octanol–water partition coefficient (Wildman–Crippen LogP) is 5.07. The topological polar surface area (TPSA) is 48.3 Å². The van der Waals surface area contributed by atoms with Crippen molar-refractivity contribution in [1.29, 1.82) is 0 Å². The molecule has 1 aromatic heterocycles. The van der Waals surface area contributed by atoms with Crippen LogP contribution in [0.5, 0.6) is 5.75 Å². The van der Waals surface area contributed by atoms with Gasteiger partial charge in [-0.2, -0.15) is 5.10 Å². The van der Waals surface area contributed by atoms with Crippen molar-refractivity contribution in [2.24, 2.45) is 0 Å². The summed E-state index contributed by atoms with van der Waals surface area (Å²) in [4.78, 5) is 0. The van der Waals surface area contributed by atoms with Gasteiger partial charge in [0.15, 0.2) is 0 Å². The zero-order chi connectivity index (χ0) is 20.0. The number of nitrogens with zero attached hydrogens (tertiary/aromatic N) is 2. The van der Waals surface area contributed by atoms with Crippen LogP contribution in [0.2, 0.25) is 0 Å². The lowest BCUT2D eigenvalue weighted by Gasteiger charge is -2.22. The van der Waals surface area contributed by atoms with Crippen molar-refractivity contribution >= 4 is 5.82 Å². The summed E-state index contributed by atoms with van der Waals surface area (Å²) in [5, 5.41) is 7.92. The van der Waals surface area contributed by atoms with E-state index in [9.17, 15) is 0 Å². The first-order valence-electron chi connectivity index (χ1n) is 9.62. The molecule has 0 aliphatic carbocycles. The average Bonchev–Trinajstić information content (AvgIpc) is 3.09. The zero-order valence-corrected chi connectivity index (χ0v) is 17.1. The van der Waals surface area contributed by atoms with E-state index in [2.05, 4.69) is 43.3 Å². The number of hydrogen-bond donors (Lipinski definition) is 1. The molecule has 5 nitrogen and oxygen atoms in total. The molecule has 1 N–H and O–H groups in total. The fourth-order valence-electron chi connectivity index (χ4n) is 2.86. The van der Waals surface area contributed by atoms with E-state index in [-0.39, 0.29) is 11.6 Å². The summed E-state index contributed by atoms with van der Waals surface area (Å²) < 4.78 is 13.7. The van der Waals surface area contributed by atoms with Gasteiger partial charge in [-0.05, 0) is 45.4 Å². The van der Waals surface area contributed by atoms with Gasteiger partial charge in [0.05, 0.1) is 25.1 Å². The van der Waals surface area contributed by atoms with E-state index in [0.29, 0.717) is 13.2 Å². The first-order valence-corrected chi connectivity index (χ1v) is 9.62.